The molecule has 2 aliphatic heterocycles. The Kier molecular flexibility index (Phi) is 1.90. The first-order valence-corrected chi connectivity index (χ1v) is 4.70. The van der Waals surface area contributed by atoms with Gasteiger partial charge in [-0.15, -0.1) is 0 Å². The van der Waals surface area contributed by atoms with Gasteiger partial charge in [-0.05, 0) is 32.7 Å². The molecule has 70 valence electrons. The third kappa shape index (κ3) is 1.00. The molecule has 0 aliphatic carbocycles. The van der Waals surface area contributed by atoms with Crippen LogP contribution in [0.15, 0.2) is 0 Å². The van der Waals surface area contributed by atoms with Gasteiger partial charge in [-0.3, -0.25) is 4.90 Å². The van der Waals surface area contributed by atoms with E-state index in [0.29, 0.717) is 6.04 Å². The van der Waals surface area contributed by atoms with Crippen LogP contribution in [-0.2, 0) is 0 Å². The van der Waals surface area contributed by atoms with Gasteiger partial charge in [0.25, 0.3) is 0 Å². The fourth-order valence-corrected chi connectivity index (χ4v) is 2.81. The van der Waals surface area contributed by atoms with Crippen molar-refractivity contribution >= 4 is 0 Å². The molecule has 0 spiro atoms. The van der Waals surface area contributed by atoms with Crippen LogP contribution < -0.4 is 0 Å². The monoisotopic (exact) mass is 171 g/mol. The van der Waals surface area contributed by atoms with Crippen molar-refractivity contribution in [3.63, 3.8) is 0 Å². The van der Waals surface area contributed by atoms with Crippen LogP contribution in [-0.4, -0.2) is 46.5 Å². The number of likely N-dealkylation sites (N-methyl/N-ethyl adjacent to an activating group) is 1. The number of nitrogens with zero attached hydrogens (tertiary/aromatic N) is 1. The highest BCUT2D eigenvalue weighted by Crippen LogP contribution is 2.42. The Morgan fingerprint density at radius 1 is 1.58 bits per heavy atom. The van der Waals surface area contributed by atoms with Crippen LogP contribution in [0, 0.1) is 0 Å². The van der Waals surface area contributed by atoms with E-state index < -0.39 is 0 Å². The molecule has 0 aromatic heterocycles. The summed E-state index contributed by atoms with van der Waals surface area (Å²) in [4.78, 5) is 2.26. The van der Waals surface area contributed by atoms with E-state index >= 15 is 0 Å². The molecule has 2 saturated heterocycles. The number of hydrogen-bond acceptors (Lipinski definition) is 3. The predicted octanol–water partition coefficient (Wildman–Crippen LogP) is -0.0336. The average molecular weight is 171 g/mol. The summed E-state index contributed by atoms with van der Waals surface area (Å²) in [5.74, 6) is 0. The quantitative estimate of drug-likeness (QED) is 0.582. The third-order valence-corrected chi connectivity index (χ3v) is 3.69. The highest BCUT2D eigenvalue weighted by atomic mass is 16.3. The zero-order valence-corrected chi connectivity index (χ0v) is 7.53. The summed E-state index contributed by atoms with van der Waals surface area (Å²) in [6.45, 7) is 0.192. The number of rotatable bonds is 1. The second-order valence-corrected chi connectivity index (χ2v) is 4.28. The standard InChI is InChI=1S/C9H17NO2/c1-10-7-2-3-9(10,6-11)5-8(12)4-7/h7-8,11-12H,2-6H2,1H3/t7-,8+,9+/m0/s1. The van der Waals surface area contributed by atoms with Crippen LogP contribution in [0.5, 0.6) is 0 Å². The summed E-state index contributed by atoms with van der Waals surface area (Å²) in [5.41, 5.74) is -0.0949. The van der Waals surface area contributed by atoms with E-state index in [1.807, 2.05) is 0 Å². The molecule has 2 rings (SSSR count). The largest absolute Gasteiger partial charge is 0.394 e. The lowest BCUT2D eigenvalue weighted by Crippen LogP contribution is -2.54. The van der Waals surface area contributed by atoms with Crippen LogP contribution in [0.4, 0.5) is 0 Å². The van der Waals surface area contributed by atoms with E-state index in [0.717, 1.165) is 25.7 Å². The Bertz CT molecular complexity index is 185. The van der Waals surface area contributed by atoms with Crippen LogP contribution in [0.3, 0.4) is 0 Å². The van der Waals surface area contributed by atoms with Gasteiger partial charge >= 0.3 is 0 Å². The Labute approximate surface area is 73.0 Å². The van der Waals surface area contributed by atoms with E-state index in [9.17, 15) is 10.2 Å². The maximum atomic E-state index is 9.57. The minimum absolute atomic E-state index is 0.0949. The lowest BCUT2D eigenvalue weighted by atomic mass is 9.88. The Morgan fingerprint density at radius 2 is 2.33 bits per heavy atom. The first-order chi connectivity index (χ1) is 5.68. The summed E-state index contributed by atoms with van der Waals surface area (Å²) < 4.78 is 0. The summed E-state index contributed by atoms with van der Waals surface area (Å²) in [6, 6.07) is 0.501. The highest BCUT2D eigenvalue weighted by molar-refractivity contribution is 5.04. The van der Waals surface area contributed by atoms with E-state index in [4.69, 9.17) is 0 Å². The smallest absolute Gasteiger partial charge is 0.0616 e. The van der Waals surface area contributed by atoms with Crippen molar-refractivity contribution in [1.29, 1.82) is 0 Å². The van der Waals surface area contributed by atoms with Crippen LogP contribution in [0.25, 0.3) is 0 Å². The van der Waals surface area contributed by atoms with Gasteiger partial charge in [0.1, 0.15) is 0 Å². The van der Waals surface area contributed by atoms with E-state index in [-0.39, 0.29) is 18.2 Å². The molecule has 2 fully saturated rings. The molecule has 2 aliphatic rings. The summed E-state index contributed by atoms with van der Waals surface area (Å²) in [5, 5.41) is 18.9. The van der Waals surface area contributed by atoms with Gasteiger partial charge < -0.3 is 10.2 Å². The number of aliphatic hydroxyl groups is 2. The van der Waals surface area contributed by atoms with Crippen molar-refractivity contribution in [2.24, 2.45) is 0 Å². The molecule has 0 aromatic rings. The molecular weight excluding hydrogens is 154 g/mol. The average Bonchev–Trinajstić information content (AvgIpc) is 2.29. The maximum Gasteiger partial charge on any atom is 0.0616 e. The van der Waals surface area contributed by atoms with Gasteiger partial charge in [0.15, 0.2) is 0 Å². The predicted molar refractivity (Wildman–Crippen MR) is 45.8 cm³/mol. The third-order valence-electron chi connectivity index (χ3n) is 3.69. The lowest BCUT2D eigenvalue weighted by Gasteiger charge is -2.43. The fraction of sp³-hybridized carbons (Fsp3) is 1.00. The van der Waals surface area contributed by atoms with Crippen molar-refractivity contribution in [3.05, 3.63) is 0 Å². The minimum Gasteiger partial charge on any atom is -0.394 e. The fourth-order valence-electron chi connectivity index (χ4n) is 2.81. The molecule has 2 N–H and O–H groups in total. The molecule has 0 radical (unpaired) electrons. The van der Waals surface area contributed by atoms with Crippen LogP contribution >= 0.6 is 0 Å². The van der Waals surface area contributed by atoms with E-state index in [1.54, 1.807) is 0 Å². The van der Waals surface area contributed by atoms with Gasteiger partial charge in [0.05, 0.1) is 12.7 Å². The first-order valence-electron chi connectivity index (χ1n) is 4.70. The molecule has 0 saturated carbocycles. The number of aliphatic hydroxyl groups excluding tert-OH is 2. The Morgan fingerprint density at radius 3 is 3.00 bits per heavy atom. The summed E-state index contributed by atoms with van der Waals surface area (Å²) in [6.07, 6.45) is 3.62. The SMILES string of the molecule is CN1[C@H]2CC[C@]1(CO)C[C@H](O)C2. The summed E-state index contributed by atoms with van der Waals surface area (Å²) >= 11 is 0. The molecule has 0 unspecified atom stereocenters. The number of piperidine rings is 1. The van der Waals surface area contributed by atoms with Crippen molar-refractivity contribution in [3.8, 4) is 0 Å². The van der Waals surface area contributed by atoms with E-state index in [2.05, 4.69) is 11.9 Å². The molecule has 3 atom stereocenters. The molecule has 12 heavy (non-hydrogen) atoms. The second-order valence-electron chi connectivity index (χ2n) is 4.28. The molecular formula is C9H17NO2. The van der Waals surface area contributed by atoms with Crippen LogP contribution in [0.1, 0.15) is 25.7 Å². The Hall–Kier alpha value is -0.120. The lowest BCUT2D eigenvalue weighted by molar-refractivity contribution is -0.0309. The topological polar surface area (TPSA) is 43.7 Å². The second kappa shape index (κ2) is 2.69. The zero-order chi connectivity index (χ0) is 8.77. The molecule has 0 aromatic carbocycles. The van der Waals surface area contributed by atoms with Crippen molar-refractivity contribution in [1.82, 2.24) is 4.90 Å². The van der Waals surface area contributed by atoms with Gasteiger partial charge in [-0.25, -0.2) is 0 Å². The highest BCUT2D eigenvalue weighted by Gasteiger charge is 2.48. The van der Waals surface area contributed by atoms with Crippen molar-refractivity contribution in [2.75, 3.05) is 13.7 Å². The van der Waals surface area contributed by atoms with Gasteiger partial charge in [0.2, 0.25) is 0 Å². The van der Waals surface area contributed by atoms with Gasteiger partial charge in [0, 0.05) is 11.6 Å². The first kappa shape index (κ1) is 8.48. The molecule has 3 heteroatoms. The number of hydrogen-bond donors (Lipinski definition) is 2. The molecule has 2 bridgehead atoms. The van der Waals surface area contributed by atoms with Gasteiger partial charge in [-0.2, -0.15) is 0 Å². The van der Waals surface area contributed by atoms with Gasteiger partial charge in [-0.1, -0.05) is 0 Å². The molecule has 0 amide bonds. The van der Waals surface area contributed by atoms with Crippen LogP contribution in [0.2, 0.25) is 0 Å². The zero-order valence-electron chi connectivity index (χ0n) is 7.53. The molecule has 3 nitrogen and oxygen atoms in total. The van der Waals surface area contributed by atoms with Crippen molar-refractivity contribution in [2.45, 2.75) is 43.4 Å². The number of fused-ring (bicyclic) bond motifs is 2. The molecule has 2 heterocycles. The van der Waals surface area contributed by atoms with Crippen molar-refractivity contribution < 1.29 is 10.2 Å². The minimum atomic E-state index is -0.194. The maximum absolute atomic E-state index is 9.57. The normalized spacial score (nSPS) is 48.2. The summed E-state index contributed by atoms with van der Waals surface area (Å²) in [7, 11) is 2.07. The Balaban J connectivity index is 2.21. The van der Waals surface area contributed by atoms with E-state index in [1.165, 1.54) is 0 Å².